The molecule has 0 aliphatic rings. The zero-order valence-electron chi connectivity index (χ0n) is 12.5. The quantitative estimate of drug-likeness (QED) is 0.639. The molecule has 6 heteroatoms. The Kier molecular flexibility index (Phi) is 6.39. The van der Waals surface area contributed by atoms with E-state index in [1.807, 2.05) is 13.8 Å². The van der Waals surface area contributed by atoms with Gasteiger partial charge < -0.3 is 15.0 Å². The highest BCUT2D eigenvalue weighted by molar-refractivity contribution is 6.02. The molecule has 2 amide bonds. The van der Waals surface area contributed by atoms with Crippen LogP contribution in [-0.4, -0.2) is 42.9 Å². The van der Waals surface area contributed by atoms with Crippen molar-refractivity contribution >= 4 is 23.5 Å². The molecule has 21 heavy (non-hydrogen) atoms. The summed E-state index contributed by atoms with van der Waals surface area (Å²) in [6, 6.07) is 6.56. The fourth-order valence-corrected chi connectivity index (χ4v) is 1.80. The van der Waals surface area contributed by atoms with Crippen LogP contribution in [0.2, 0.25) is 0 Å². The summed E-state index contributed by atoms with van der Waals surface area (Å²) in [4.78, 5) is 36.3. The van der Waals surface area contributed by atoms with Gasteiger partial charge in [-0.2, -0.15) is 0 Å². The normalized spacial score (nSPS) is 9.86. The summed E-state index contributed by atoms with van der Waals surface area (Å²) in [5.41, 5.74) is 1.09. The molecule has 114 valence electrons. The number of nitrogens with one attached hydrogen (secondary N) is 1. The average molecular weight is 292 g/mol. The van der Waals surface area contributed by atoms with Crippen molar-refractivity contribution in [3.8, 4) is 0 Å². The highest BCUT2D eigenvalue weighted by Gasteiger charge is 2.13. The SMILES string of the molecule is CCN(CC)C(=O)c1ccc(NC(=O)CC(=O)OC)cc1. The third kappa shape index (κ3) is 4.91. The Labute approximate surface area is 124 Å². The van der Waals surface area contributed by atoms with Gasteiger partial charge in [-0.05, 0) is 38.1 Å². The molecule has 0 saturated heterocycles. The first-order valence-electron chi connectivity index (χ1n) is 6.77. The largest absolute Gasteiger partial charge is 0.469 e. The van der Waals surface area contributed by atoms with Gasteiger partial charge in [-0.25, -0.2) is 0 Å². The standard InChI is InChI=1S/C15H20N2O4/c1-4-17(5-2)15(20)11-6-8-12(9-7-11)16-13(18)10-14(19)21-3/h6-9H,4-5,10H2,1-3H3,(H,16,18). The number of methoxy groups -OCH3 is 1. The molecule has 1 aromatic carbocycles. The maximum atomic E-state index is 12.1. The van der Waals surface area contributed by atoms with Crippen molar-refractivity contribution in [3.05, 3.63) is 29.8 Å². The molecule has 0 heterocycles. The highest BCUT2D eigenvalue weighted by Crippen LogP contribution is 2.12. The van der Waals surface area contributed by atoms with Crippen molar-refractivity contribution in [2.45, 2.75) is 20.3 Å². The smallest absolute Gasteiger partial charge is 0.315 e. The van der Waals surface area contributed by atoms with E-state index in [0.717, 1.165) is 0 Å². The van der Waals surface area contributed by atoms with Gasteiger partial charge in [-0.15, -0.1) is 0 Å². The number of carbonyl (C=O) groups is 3. The van der Waals surface area contributed by atoms with Gasteiger partial charge in [-0.3, -0.25) is 14.4 Å². The predicted molar refractivity (Wildman–Crippen MR) is 79.0 cm³/mol. The van der Waals surface area contributed by atoms with Gasteiger partial charge in [0.1, 0.15) is 6.42 Å². The highest BCUT2D eigenvalue weighted by atomic mass is 16.5. The van der Waals surface area contributed by atoms with Crippen LogP contribution in [0, 0.1) is 0 Å². The molecule has 0 fully saturated rings. The van der Waals surface area contributed by atoms with Crippen LogP contribution in [0.5, 0.6) is 0 Å². The van der Waals surface area contributed by atoms with E-state index in [1.165, 1.54) is 7.11 Å². The van der Waals surface area contributed by atoms with Crippen molar-refractivity contribution < 1.29 is 19.1 Å². The van der Waals surface area contributed by atoms with Gasteiger partial charge >= 0.3 is 5.97 Å². The van der Waals surface area contributed by atoms with Crippen LogP contribution in [0.3, 0.4) is 0 Å². The van der Waals surface area contributed by atoms with Crippen LogP contribution < -0.4 is 5.32 Å². The van der Waals surface area contributed by atoms with Crippen molar-refractivity contribution in [2.24, 2.45) is 0 Å². The number of amides is 2. The number of esters is 1. The second-order valence-corrected chi connectivity index (χ2v) is 4.36. The minimum atomic E-state index is -0.596. The predicted octanol–water partition coefficient (Wildman–Crippen LogP) is 1.67. The molecule has 0 aliphatic carbocycles. The second-order valence-electron chi connectivity index (χ2n) is 4.36. The summed E-state index contributed by atoms with van der Waals surface area (Å²) in [6.07, 6.45) is -0.337. The van der Waals surface area contributed by atoms with Crippen LogP contribution in [0.4, 0.5) is 5.69 Å². The third-order valence-corrected chi connectivity index (χ3v) is 3.00. The fourth-order valence-electron chi connectivity index (χ4n) is 1.80. The molecule has 1 aromatic rings. The number of anilines is 1. The number of carbonyl (C=O) groups excluding carboxylic acids is 3. The molecular weight excluding hydrogens is 272 g/mol. The molecule has 0 unspecified atom stereocenters. The summed E-state index contributed by atoms with van der Waals surface area (Å²) in [6.45, 7) is 5.13. The number of nitrogens with zero attached hydrogens (tertiary/aromatic N) is 1. The molecule has 6 nitrogen and oxygen atoms in total. The lowest BCUT2D eigenvalue weighted by atomic mass is 10.1. The molecule has 0 atom stereocenters. The monoisotopic (exact) mass is 292 g/mol. The van der Waals surface area contributed by atoms with Gasteiger partial charge in [0.15, 0.2) is 0 Å². The Hall–Kier alpha value is -2.37. The summed E-state index contributed by atoms with van der Waals surface area (Å²) in [7, 11) is 1.23. The first kappa shape index (κ1) is 16.7. The van der Waals surface area contributed by atoms with E-state index >= 15 is 0 Å². The molecule has 0 spiro atoms. The van der Waals surface area contributed by atoms with Crippen molar-refractivity contribution in [1.82, 2.24) is 4.90 Å². The summed E-state index contributed by atoms with van der Waals surface area (Å²) >= 11 is 0. The fraction of sp³-hybridized carbons (Fsp3) is 0.400. The number of hydrogen-bond acceptors (Lipinski definition) is 4. The molecule has 1 rings (SSSR count). The zero-order valence-corrected chi connectivity index (χ0v) is 12.5. The maximum absolute atomic E-state index is 12.1. The molecule has 1 N–H and O–H groups in total. The zero-order chi connectivity index (χ0) is 15.8. The van der Waals surface area contributed by atoms with Crippen LogP contribution in [-0.2, 0) is 14.3 Å². The van der Waals surface area contributed by atoms with Crippen molar-refractivity contribution in [1.29, 1.82) is 0 Å². The summed E-state index contributed by atoms with van der Waals surface area (Å²) < 4.78 is 4.41. The van der Waals surface area contributed by atoms with Gasteiger partial charge in [0.25, 0.3) is 5.91 Å². The molecule has 0 bridgehead atoms. The topological polar surface area (TPSA) is 75.7 Å². The lowest BCUT2D eigenvalue weighted by Gasteiger charge is -2.18. The molecule has 0 aliphatic heterocycles. The Morgan fingerprint density at radius 3 is 2.14 bits per heavy atom. The van der Waals surface area contributed by atoms with Crippen LogP contribution >= 0.6 is 0 Å². The number of benzene rings is 1. The summed E-state index contributed by atoms with van der Waals surface area (Å²) in [5.74, 6) is -1.10. The van der Waals surface area contributed by atoms with E-state index in [1.54, 1.807) is 29.2 Å². The van der Waals surface area contributed by atoms with Crippen LogP contribution in [0.15, 0.2) is 24.3 Å². The van der Waals surface area contributed by atoms with Crippen LogP contribution in [0.1, 0.15) is 30.6 Å². The Balaban J connectivity index is 2.68. The summed E-state index contributed by atoms with van der Waals surface area (Å²) in [5, 5.41) is 2.57. The molecule has 0 aromatic heterocycles. The molecular formula is C15H20N2O4. The minimum Gasteiger partial charge on any atom is -0.469 e. The average Bonchev–Trinajstić information content (AvgIpc) is 2.48. The van der Waals surface area contributed by atoms with Gasteiger partial charge in [0.2, 0.25) is 5.91 Å². The van der Waals surface area contributed by atoms with E-state index in [0.29, 0.717) is 24.3 Å². The first-order chi connectivity index (χ1) is 10.0. The van der Waals surface area contributed by atoms with E-state index in [4.69, 9.17) is 0 Å². The Morgan fingerprint density at radius 1 is 1.10 bits per heavy atom. The van der Waals surface area contributed by atoms with E-state index < -0.39 is 11.9 Å². The lowest BCUT2D eigenvalue weighted by Crippen LogP contribution is -2.30. The van der Waals surface area contributed by atoms with Gasteiger partial charge in [0.05, 0.1) is 7.11 Å². The van der Waals surface area contributed by atoms with E-state index in [9.17, 15) is 14.4 Å². The van der Waals surface area contributed by atoms with Gasteiger partial charge in [0, 0.05) is 24.3 Å². The van der Waals surface area contributed by atoms with E-state index in [-0.39, 0.29) is 12.3 Å². The maximum Gasteiger partial charge on any atom is 0.315 e. The first-order valence-corrected chi connectivity index (χ1v) is 6.77. The minimum absolute atomic E-state index is 0.0487. The Bertz CT molecular complexity index is 507. The molecule has 0 radical (unpaired) electrons. The third-order valence-electron chi connectivity index (χ3n) is 3.00. The lowest BCUT2D eigenvalue weighted by molar-refractivity contribution is -0.142. The van der Waals surface area contributed by atoms with Crippen LogP contribution in [0.25, 0.3) is 0 Å². The Morgan fingerprint density at radius 2 is 1.67 bits per heavy atom. The number of hydrogen-bond donors (Lipinski definition) is 1. The van der Waals surface area contributed by atoms with Crippen molar-refractivity contribution in [3.63, 3.8) is 0 Å². The van der Waals surface area contributed by atoms with E-state index in [2.05, 4.69) is 10.1 Å². The number of rotatable bonds is 6. The van der Waals surface area contributed by atoms with Gasteiger partial charge in [-0.1, -0.05) is 0 Å². The van der Waals surface area contributed by atoms with Crippen molar-refractivity contribution in [2.75, 3.05) is 25.5 Å². The number of ether oxygens (including phenoxy) is 1. The molecule has 0 saturated carbocycles. The second kappa shape index (κ2) is 8.04.